The van der Waals surface area contributed by atoms with Gasteiger partial charge < -0.3 is 9.47 Å². The molecule has 17 rings (SSSR count). The van der Waals surface area contributed by atoms with Crippen LogP contribution in [0.1, 0.15) is 131 Å². The number of aromatic nitrogens is 2. The summed E-state index contributed by atoms with van der Waals surface area (Å²) in [5.74, 6) is 3.17. The molecule has 3 heterocycles. The van der Waals surface area contributed by atoms with Crippen LogP contribution in [0.2, 0.25) is 26.2 Å². The third kappa shape index (κ3) is 35.3. The van der Waals surface area contributed by atoms with Crippen molar-refractivity contribution in [2.24, 2.45) is 0 Å². The highest BCUT2D eigenvalue weighted by molar-refractivity contribution is 7.85. The van der Waals surface area contributed by atoms with E-state index in [1.807, 2.05) is 329 Å². The van der Waals surface area contributed by atoms with Gasteiger partial charge in [0.2, 0.25) is 0 Å². The summed E-state index contributed by atoms with van der Waals surface area (Å²) in [4.78, 5) is 39.4. The molecule has 17 aromatic rings. The van der Waals surface area contributed by atoms with Crippen molar-refractivity contribution < 1.29 is 27.5 Å². The molecule has 0 unspecified atom stereocenters. The molecule has 0 radical (unpaired) electrons. The molecule has 8 nitrogen and oxygen atoms in total. The molecule has 0 atom stereocenters. The lowest BCUT2D eigenvalue weighted by Crippen LogP contribution is -2.52. The van der Waals surface area contributed by atoms with E-state index in [9.17, 15) is 18.0 Å². The van der Waals surface area contributed by atoms with Crippen molar-refractivity contribution in [2.45, 2.75) is 170 Å². The minimum atomic E-state index is -1.52. The Kier molecular flexibility index (Phi) is 40.9. The Morgan fingerprint density at radius 2 is 0.489 bits per heavy atom. The van der Waals surface area contributed by atoms with Crippen LogP contribution in [-0.4, -0.2) is 46.1 Å². The first-order chi connectivity index (χ1) is 64.4. The van der Waals surface area contributed by atoms with Gasteiger partial charge in [-0.3, -0.25) is 19.6 Å². The first-order valence-corrected chi connectivity index (χ1v) is 54.7. The third-order valence-electron chi connectivity index (χ3n) is 22.2. The Balaban J connectivity index is 0.000000174. The van der Waals surface area contributed by atoms with Gasteiger partial charge in [0.15, 0.2) is 11.6 Å². The number of carbonyl (C=O) groups is 2. The maximum absolute atomic E-state index is 12.5. The maximum atomic E-state index is 12.5. The molecule has 0 spiro atoms. The van der Waals surface area contributed by atoms with Gasteiger partial charge in [-0.1, -0.05) is 357 Å². The van der Waals surface area contributed by atoms with E-state index < -0.39 is 37.7 Å². The van der Waals surface area contributed by atoms with Crippen molar-refractivity contribution in [3.63, 3.8) is 0 Å². The van der Waals surface area contributed by atoms with E-state index in [4.69, 9.17) is 9.47 Å². The highest BCUT2D eigenvalue weighted by Gasteiger charge is 2.27. The summed E-state index contributed by atoms with van der Waals surface area (Å²) in [6, 6.07) is 127. The second kappa shape index (κ2) is 52.4. The molecule has 0 saturated carbocycles. The molecule has 0 fully saturated rings. The van der Waals surface area contributed by atoms with Crippen LogP contribution in [-0.2, 0) is 21.6 Å². The number of hydrogen-bond donors (Lipinski definition) is 0. The van der Waals surface area contributed by atoms with E-state index in [2.05, 4.69) is 207 Å². The molecule has 0 saturated heterocycles. The van der Waals surface area contributed by atoms with Gasteiger partial charge in [0, 0.05) is 74.9 Å². The van der Waals surface area contributed by atoms with Crippen molar-refractivity contribution in [2.75, 3.05) is 0 Å². The summed E-state index contributed by atoms with van der Waals surface area (Å²) in [5.41, 5.74) is 21.6. The molecule has 0 N–H and O–H groups in total. The van der Waals surface area contributed by atoms with Gasteiger partial charge in [0.1, 0.15) is 39.1 Å². The molecule has 14 aromatic carbocycles. The first kappa shape index (κ1) is 105. The monoisotopic (exact) mass is 1870 g/mol. The Hall–Kier alpha value is -13.2. The average Bonchev–Trinajstić information content (AvgIpc) is 1.18. The number of nitrogens with zero attached hydrogens (tertiary/aromatic N) is 2. The third-order valence-corrected chi connectivity index (χ3v) is 33.0. The van der Waals surface area contributed by atoms with Crippen LogP contribution in [0.4, 0.5) is 0 Å². The van der Waals surface area contributed by atoms with E-state index in [1.54, 1.807) is 24.3 Å². The molecule has 3 aromatic heterocycles. The van der Waals surface area contributed by atoms with Gasteiger partial charge in [0.05, 0.1) is 21.6 Å². The minimum Gasteiger partial charge on any atom is -0.457 e. The van der Waals surface area contributed by atoms with Crippen LogP contribution in [0.5, 0.6) is 23.0 Å². The lowest BCUT2D eigenvalue weighted by Gasteiger charge is -2.24. The molecule has 0 amide bonds. The van der Waals surface area contributed by atoms with Crippen LogP contribution >= 0.6 is 11.3 Å². The summed E-state index contributed by atoms with van der Waals surface area (Å²) < 4.78 is 36.0. The highest BCUT2D eigenvalue weighted by Crippen LogP contribution is 2.29. The number of aryl methyl sites for hydroxylation is 18. The summed E-state index contributed by atoms with van der Waals surface area (Å²) in [5, 5.41) is 6.05. The topological polar surface area (TPSA) is 113 Å². The Morgan fingerprint density at radius 3 is 0.756 bits per heavy atom. The summed E-state index contributed by atoms with van der Waals surface area (Å²) >= 11 is 1.84. The Labute approximate surface area is 815 Å². The molecule has 0 aliphatic carbocycles. The maximum Gasteiger partial charge on any atom is 0.193 e. The Morgan fingerprint density at radius 1 is 0.237 bits per heavy atom. The van der Waals surface area contributed by atoms with Gasteiger partial charge in [-0.05, 0) is 269 Å². The van der Waals surface area contributed by atoms with Gasteiger partial charge >= 0.3 is 0 Å². The summed E-state index contributed by atoms with van der Waals surface area (Å²) in [6.07, 6.45) is 1.87. The van der Waals surface area contributed by atoms with Crippen molar-refractivity contribution >= 4 is 81.4 Å². The minimum absolute atomic E-state index is 0.0377. The fourth-order valence-corrected chi connectivity index (χ4v) is 21.7. The van der Waals surface area contributed by atoms with Crippen molar-refractivity contribution in [1.29, 1.82) is 0 Å². The number of carbonyl (C=O) groups excluding carboxylic acids is 2. The van der Waals surface area contributed by atoms with E-state index >= 15 is 0 Å². The quantitative estimate of drug-likeness (QED) is 0.0694. The summed E-state index contributed by atoms with van der Waals surface area (Å²) in [7, 11) is -5.15. The van der Waals surface area contributed by atoms with Crippen molar-refractivity contribution in [1.82, 2.24) is 9.97 Å². The zero-order valence-electron chi connectivity index (χ0n) is 82.5. The smallest absolute Gasteiger partial charge is 0.193 e. The lowest BCUT2D eigenvalue weighted by molar-refractivity contribution is 0.102. The number of ketones is 2. The van der Waals surface area contributed by atoms with E-state index in [-0.39, 0.29) is 11.6 Å². The number of rotatable bonds is 16. The number of hydrogen-bond acceptors (Lipinski definition) is 9. The van der Waals surface area contributed by atoms with E-state index in [0.29, 0.717) is 22.3 Å². The largest absolute Gasteiger partial charge is 0.457 e. The highest BCUT2D eigenvalue weighted by atomic mass is 32.2. The van der Waals surface area contributed by atoms with E-state index in [0.717, 1.165) is 81.9 Å². The Bertz CT molecular complexity index is 6230. The predicted molar refractivity (Wildman–Crippen MR) is 578 cm³/mol. The molecular weight excluding hydrogens is 1740 g/mol. The van der Waals surface area contributed by atoms with Crippen molar-refractivity contribution in [3.05, 3.63) is 510 Å². The standard InChI is InChI=1S/C22H18O2.C20H18O2.2C16H20Si.2C14H14OS.2C7H9N.C6H8S/c1-15-3-7-17(8-4-15)21(23)19-11-13-20(14-12-19)22(24)18-9-5-16(2)6-10-18;1-15-3-7-17(8-4-15)21-19-11-13-20(14-12-19)22-18-9-5-16(2)6-10-18;1-13-5-9-15(10-6-13)17(3,4)16-11-7-14(2)8-12-16;1-13-7-5-9-15(11-13)17(3,4)16-10-6-8-14(2)12-16;1-11-3-7-13(8-4-11)16(15)14-9-5-12(2)6-10-14;1-11-5-3-7-13(9-11)16(15)14-8-4-6-12(2)10-14;1-6-3-4-7(2)8-5-6;1-6-4-3-5-7(2)8-6;1-5-3-4-6(2)7-5/h3-14H,1-2H3;3-14H,1-2H3;2*5-12H,1-4H3;2*3-10H,1-2H3;2*3-5H,1-2H3;3-4H,1-2H3. The predicted octanol–water partition coefficient (Wildman–Crippen LogP) is 29.6. The number of thiophene rings is 1. The molecule has 0 aliphatic rings. The molecule has 135 heavy (non-hydrogen) atoms. The zero-order valence-corrected chi connectivity index (χ0v) is 87.0. The molecule has 13 heteroatoms. The molecular formula is C122H130N2O6S3Si2. The molecule has 690 valence electrons. The molecule has 0 aliphatic heterocycles. The van der Waals surface area contributed by atoms with Crippen molar-refractivity contribution in [3.8, 4) is 23.0 Å². The number of benzene rings is 14. The van der Waals surface area contributed by atoms with Crippen LogP contribution in [0.15, 0.2) is 408 Å². The first-order valence-electron chi connectivity index (χ1n) is 45.6. The molecule has 0 bridgehead atoms. The average molecular weight is 1870 g/mol. The van der Waals surface area contributed by atoms with Gasteiger partial charge in [0.25, 0.3) is 0 Å². The normalized spacial score (nSPS) is 10.5. The van der Waals surface area contributed by atoms with Gasteiger partial charge in [-0.2, -0.15) is 0 Å². The number of pyridine rings is 2. The van der Waals surface area contributed by atoms with Gasteiger partial charge in [-0.25, -0.2) is 8.42 Å². The van der Waals surface area contributed by atoms with Gasteiger partial charge in [-0.15, -0.1) is 11.3 Å². The fraction of sp³-hybridized carbons (Fsp3) is 0.180. The SMILES string of the molecule is Cc1ccc(C(=O)c2ccc(C(=O)c3ccc(C)cc3)cc2)cc1.Cc1ccc(C)nc1.Cc1ccc(C)s1.Cc1ccc(Oc2ccc(Oc3ccc(C)cc3)cc2)cc1.Cc1ccc(S(=O)c2ccc(C)cc2)cc1.Cc1ccc([Si](C)(C)c2ccc(C)cc2)cc1.Cc1cccc(C)n1.Cc1cccc(S(=O)c2cccc(C)c2)c1.Cc1cccc([Si](C)(C)c2cccc(C)c2)c1. The van der Waals surface area contributed by atoms with Crippen LogP contribution in [0, 0.1) is 125 Å². The zero-order chi connectivity index (χ0) is 97.7. The van der Waals surface area contributed by atoms with Crippen LogP contribution < -0.4 is 30.2 Å². The van der Waals surface area contributed by atoms with E-state index in [1.165, 1.54) is 80.6 Å². The second-order valence-electron chi connectivity index (χ2n) is 35.3. The van der Waals surface area contributed by atoms with Crippen LogP contribution in [0.25, 0.3) is 0 Å². The fourth-order valence-electron chi connectivity index (χ4n) is 13.8. The number of ether oxygens (including phenoxy) is 2. The summed E-state index contributed by atoms with van der Waals surface area (Å²) in [6.45, 7) is 46.7. The second-order valence-corrected chi connectivity index (χ2v) is 48.6. The van der Waals surface area contributed by atoms with Crippen LogP contribution in [0.3, 0.4) is 0 Å². The lowest BCUT2D eigenvalue weighted by atomic mass is 9.98.